The highest BCUT2D eigenvalue weighted by atomic mass is 32.1. The molecule has 3 rings (SSSR count). The van der Waals surface area contributed by atoms with E-state index in [0.29, 0.717) is 5.92 Å². The van der Waals surface area contributed by atoms with Gasteiger partial charge in [-0.15, -0.1) is 11.3 Å². The maximum Gasteiger partial charge on any atom is 0.124 e. The molecule has 2 nitrogen and oxygen atoms in total. The number of hydrogen-bond acceptors (Lipinski definition) is 3. The van der Waals surface area contributed by atoms with Crippen LogP contribution in [0.3, 0.4) is 0 Å². The lowest BCUT2D eigenvalue weighted by molar-refractivity contribution is 0.452. The van der Waals surface area contributed by atoms with E-state index in [1.165, 1.54) is 26.7 Å². The zero-order valence-corrected chi connectivity index (χ0v) is 11.0. The van der Waals surface area contributed by atoms with Crippen LogP contribution in [0.5, 0.6) is 0 Å². The Morgan fingerprint density at radius 2 is 2.00 bits per heavy atom. The summed E-state index contributed by atoms with van der Waals surface area (Å²) >= 11 is 1.86. The van der Waals surface area contributed by atoms with Crippen LogP contribution < -0.4 is 5.32 Å². The van der Waals surface area contributed by atoms with Gasteiger partial charge >= 0.3 is 0 Å². The molecule has 17 heavy (non-hydrogen) atoms. The van der Waals surface area contributed by atoms with Gasteiger partial charge in [-0.3, -0.25) is 0 Å². The SMILES string of the molecule is Cc1ccccc1-c1nc(C)c(C2CNC2)s1. The minimum Gasteiger partial charge on any atom is -0.315 e. The smallest absolute Gasteiger partial charge is 0.124 e. The van der Waals surface area contributed by atoms with Crippen molar-refractivity contribution in [2.75, 3.05) is 13.1 Å². The summed E-state index contributed by atoms with van der Waals surface area (Å²) in [4.78, 5) is 6.20. The molecule has 1 fully saturated rings. The van der Waals surface area contributed by atoms with Crippen LogP contribution in [0.2, 0.25) is 0 Å². The second kappa shape index (κ2) is 4.24. The van der Waals surface area contributed by atoms with Gasteiger partial charge in [0.25, 0.3) is 0 Å². The van der Waals surface area contributed by atoms with Gasteiger partial charge in [0.2, 0.25) is 0 Å². The van der Waals surface area contributed by atoms with Gasteiger partial charge in [-0.1, -0.05) is 24.3 Å². The van der Waals surface area contributed by atoms with Gasteiger partial charge in [0.05, 0.1) is 5.69 Å². The number of hydrogen-bond donors (Lipinski definition) is 1. The Labute approximate surface area is 106 Å². The van der Waals surface area contributed by atoms with Crippen molar-refractivity contribution < 1.29 is 0 Å². The Kier molecular flexibility index (Phi) is 2.73. The molecular weight excluding hydrogens is 228 g/mol. The first-order valence-corrected chi connectivity index (χ1v) is 6.81. The van der Waals surface area contributed by atoms with Gasteiger partial charge in [0, 0.05) is 29.4 Å². The summed E-state index contributed by atoms with van der Waals surface area (Å²) in [5, 5.41) is 4.50. The molecule has 1 N–H and O–H groups in total. The van der Waals surface area contributed by atoms with E-state index in [0.717, 1.165) is 13.1 Å². The fourth-order valence-electron chi connectivity index (χ4n) is 2.19. The van der Waals surface area contributed by atoms with E-state index in [1.54, 1.807) is 0 Å². The molecule has 0 atom stereocenters. The molecule has 0 bridgehead atoms. The number of nitrogens with zero attached hydrogens (tertiary/aromatic N) is 1. The predicted molar refractivity (Wildman–Crippen MR) is 72.6 cm³/mol. The summed E-state index contributed by atoms with van der Waals surface area (Å²) in [5.41, 5.74) is 3.79. The molecule has 1 aromatic heterocycles. The van der Waals surface area contributed by atoms with E-state index in [1.807, 2.05) is 11.3 Å². The predicted octanol–water partition coefficient (Wildman–Crippen LogP) is 3.11. The average molecular weight is 244 g/mol. The molecule has 2 heterocycles. The molecule has 1 saturated heterocycles. The van der Waals surface area contributed by atoms with Crippen molar-refractivity contribution in [3.8, 4) is 10.6 Å². The number of nitrogens with one attached hydrogen (secondary N) is 1. The third-order valence-corrected chi connectivity index (χ3v) is 4.71. The van der Waals surface area contributed by atoms with Crippen molar-refractivity contribution in [1.29, 1.82) is 0 Å². The molecular formula is C14H16N2S. The topological polar surface area (TPSA) is 24.9 Å². The van der Waals surface area contributed by atoms with Crippen molar-refractivity contribution in [1.82, 2.24) is 10.3 Å². The number of aryl methyl sites for hydroxylation is 2. The average Bonchev–Trinajstić information content (AvgIpc) is 2.59. The van der Waals surface area contributed by atoms with Crippen molar-refractivity contribution >= 4 is 11.3 Å². The van der Waals surface area contributed by atoms with E-state index >= 15 is 0 Å². The van der Waals surface area contributed by atoms with E-state index in [2.05, 4.69) is 43.4 Å². The normalized spacial score (nSPS) is 15.9. The maximum absolute atomic E-state index is 4.74. The van der Waals surface area contributed by atoms with Gasteiger partial charge < -0.3 is 5.32 Å². The zero-order valence-electron chi connectivity index (χ0n) is 10.2. The quantitative estimate of drug-likeness (QED) is 0.878. The van der Waals surface area contributed by atoms with E-state index in [4.69, 9.17) is 4.98 Å². The van der Waals surface area contributed by atoms with Crippen molar-refractivity contribution in [2.24, 2.45) is 0 Å². The molecule has 0 unspecified atom stereocenters. The molecule has 3 heteroatoms. The van der Waals surface area contributed by atoms with Gasteiger partial charge in [-0.25, -0.2) is 4.98 Å². The lowest BCUT2D eigenvalue weighted by Gasteiger charge is -2.26. The fraction of sp³-hybridized carbons (Fsp3) is 0.357. The monoisotopic (exact) mass is 244 g/mol. The molecule has 0 aliphatic carbocycles. The number of rotatable bonds is 2. The van der Waals surface area contributed by atoms with Gasteiger partial charge in [-0.05, 0) is 19.4 Å². The molecule has 1 aliphatic rings. The molecule has 1 aliphatic heterocycles. The molecule has 0 saturated carbocycles. The van der Waals surface area contributed by atoms with Crippen LogP contribution in [0, 0.1) is 13.8 Å². The van der Waals surface area contributed by atoms with Crippen LogP contribution in [0.1, 0.15) is 22.1 Å². The van der Waals surface area contributed by atoms with Crippen LogP contribution >= 0.6 is 11.3 Å². The standard InChI is InChI=1S/C14H16N2S/c1-9-5-3-4-6-12(9)14-16-10(2)13(17-14)11-7-15-8-11/h3-6,11,15H,7-8H2,1-2H3. The Morgan fingerprint density at radius 3 is 2.65 bits per heavy atom. The Hall–Kier alpha value is -1.19. The van der Waals surface area contributed by atoms with Gasteiger partial charge in [0.15, 0.2) is 0 Å². The third kappa shape index (κ3) is 1.90. The van der Waals surface area contributed by atoms with E-state index in [-0.39, 0.29) is 0 Å². The largest absolute Gasteiger partial charge is 0.315 e. The lowest BCUT2D eigenvalue weighted by atomic mass is 10.0. The van der Waals surface area contributed by atoms with Crippen LogP contribution in [0.4, 0.5) is 0 Å². The Bertz CT molecular complexity index is 541. The summed E-state index contributed by atoms with van der Waals surface area (Å²) in [7, 11) is 0. The first-order chi connectivity index (χ1) is 8.25. The first-order valence-electron chi connectivity index (χ1n) is 6.00. The minimum atomic E-state index is 0.685. The lowest BCUT2D eigenvalue weighted by Crippen LogP contribution is -2.39. The van der Waals surface area contributed by atoms with Crippen molar-refractivity contribution in [3.63, 3.8) is 0 Å². The fourth-order valence-corrected chi connectivity index (χ4v) is 3.45. The number of benzene rings is 1. The summed E-state index contributed by atoms with van der Waals surface area (Å²) < 4.78 is 0. The molecule has 0 amide bonds. The summed E-state index contributed by atoms with van der Waals surface area (Å²) in [6.07, 6.45) is 0. The first kappa shape index (κ1) is 10.9. The van der Waals surface area contributed by atoms with Crippen LogP contribution in [-0.4, -0.2) is 18.1 Å². The highest BCUT2D eigenvalue weighted by molar-refractivity contribution is 7.15. The Morgan fingerprint density at radius 1 is 1.24 bits per heavy atom. The molecule has 88 valence electrons. The Balaban J connectivity index is 2.01. The zero-order chi connectivity index (χ0) is 11.8. The minimum absolute atomic E-state index is 0.685. The maximum atomic E-state index is 4.74. The summed E-state index contributed by atoms with van der Waals surface area (Å²) in [6, 6.07) is 8.48. The summed E-state index contributed by atoms with van der Waals surface area (Å²) in [6.45, 7) is 6.50. The number of aromatic nitrogens is 1. The van der Waals surface area contributed by atoms with E-state index < -0.39 is 0 Å². The van der Waals surface area contributed by atoms with Crippen LogP contribution in [0.25, 0.3) is 10.6 Å². The van der Waals surface area contributed by atoms with Crippen LogP contribution in [0.15, 0.2) is 24.3 Å². The highest BCUT2D eigenvalue weighted by Gasteiger charge is 2.24. The van der Waals surface area contributed by atoms with Crippen molar-refractivity contribution in [3.05, 3.63) is 40.4 Å². The molecule has 0 radical (unpaired) electrons. The molecule has 1 aromatic carbocycles. The second-order valence-electron chi connectivity index (χ2n) is 4.64. The number of thiazole rings is 1. The highest BCUT2D eigenvalue weighted by Crippen LogP contribution is 2.35. The summed E-state index contributed by atoms with van der Waals surface area (Å²) in [5.74, 6) is 0.685. The van der Waals surface area contributed by atoms with Crippen molar-refractivity contribution in [2.45, 2.75) is 19.8 Å². The van der Waals surface area contributed by atoms with E-state index in [9.17, 15) is 0 Å². The van der Waals surface area contributed by atoms with Crippen LogP contribution in [-0.2, 0) is 0 Å². The van der Waals surface area contributed by atoms with Gasteiger partial charge in [0.1, 0.15) is 5.01 Å². The third-order valence-electron chi connectivity index (χ3n) is 3.36. The molecule has 0 spiro atoms. The van der Waals surface area contributed by atoms with Gasteiger partial charge in [-0.2, -0.15) is 0 Å². The second-order valence-corrected chi connectivity index (χ2v) is 5.67. The molecule has 2 aromatic rings.